The zero-order valence-corrected chi connectivity index (χ0v) is 14.3. The zero-order chi connectivity index (χ0) is 19.9. The number of aliphatic hydroxyl groups is 4. The molecule has 0 spiro atoms. The Kier molecular flexibility index (Phi) is 5.27. The van der Waals surface area contributed by atoms with E-state index in [4.69, 9.17) is 13.9 Å². The molecule has 0 bridgehead atoms. The van der Waals surface area contributed by atoms with Gasteiger partial charge >= 0.3 is 0 Å². The number of aromatic hydroxyl groups is 2. The minimum absolute atomic E-state index is 0.246. The molecule has 10 heteroatoms. The summed E-state index contributed by atoms with van der Waals surface area (Å²) < 4.78 is 16.2. The molecule has 27 heavy (non-hydrogen) atoms. The van der Waals surface area contributed by atoms with Gasteiger partial charge < -0.3 is 44.5 Å². The molecule has 1 saturated heterocycles. The lowest BCUT2D eigenvalue weighted by atomic mass is 9.99. The van der Waals surface area contributed by atoms with Crippen molar-refractivity contribution < 1.29 is 44.5 Å². The Labute approximate surface area is 152 Å². The van der Waals surface area contributed by atoms with Crippen molar-refractivity contribution >= 4 is 11.0 Å². The van der Waals surface area contributed by atoms with Crippen molar-refractivity contribution in [3.63, 3.8) is 0 Å². The summed E-state index contributed by atoms with van der Waals surface area (Å²) in [6.45, 7) is 1.06. The lowest BCUT2D eigenvalue weighted by molar-refractivity contribution is -0.277. The highest BCUT2D eigenvalue weighted by Crippen LogP contribution is 2.41. The normalized spacial score (nSPS) is 28.4. The molecule has 1 aliphatic heterocycles. The standard InChI is InChI=1S/C17H20O10/c1-2-6-3-7(19)11-8(20)4-9(21)15(16(11)25-6)27-17-14(24)13(23)12(22)10(5-18)26-17/h3-4,10,12-14,17-18,20-24H,2,5H2,1H3/t10-,12-,13+,14-,17-/m1/s1. The number of fused-ring (bicyclic) bond motifs is 1. The molecule has 1 aliphatic rings. The van der Waals surface area contributed by atoms with Crippen molar-refractivity contribution in [2.24, 2.45) is 0 Å². The quantitative estimate of drug-likeness (QED) is 0.382. The van der Waals surface area contributed by atoms with E-state index in [9.17, 15) is 35.4 Å². The molecule has 0 amide bonds. The predicted molar refractivity (Wildman–Crippen MR) is 89.6 cm³/mol. The van der Waals surface area contributed by atoms with E-state index in [-0.39, 0.29) is 16.7 Å². The monoisotopic (exact) mass is 384 g/mol. The van der Waals surface area contributed by atoms with Crippen molar-refractivity contribution in [1.82, 2.24) is 0 Å². The van der Waals surface area contributed by atoms with E-state index in [1.54, 1.807) is 6.92 Å². The maximum Gasteiger partial charge on any atom is 0.229 e. The molecule has 0 unspecified atom stereocenters. The van der Waals surface area contributed by atoms with Crippen LogP contribution in [0.2, 0.25) is 0 Å². The van der Waals surface area contributed by atoms with Crippen LogP contribution in [0.5, 0.6) is 17.2 Å². The van der Waals surface area contributed by atoms with Crippen LogP contribution in [0.4, 0.5) is 0 Å². The van der Waals surface area contributed by atoms with Crippen LogP contribution in [0.15, 0.2) is 21.3 Å². The first-order chi connectivity index (χ1) is 12.8. The first-order valence-corrected chi connectivity index (χ1v) is 8.27. The summed E-state index contributed by atoms with van der Waals surface area (Å²) in [6.07, 6.45) is -7.48. The number of benzene rings is 1. The lowest BCUT2D eigenvalue weighted by Crippen LogP contribution is -2.60. The smallest absolute Gasteiger partial charge is 0.229 e. The highest BCUT2D eigenvalue weighted by molar-refractivity contribution is 5.90. The molecular weight excluding hydrogens is 364 g/mol. The van der Waals surface area contributed by atoms with Crippen LogP contribution in [-0.4, -0.2) is 68.0 Å². The molecular formula is C17H20O10. The van der Waals surface area contributed by atoms with Crippen molar-refractivity contribution in [1.29, 1.82) is 0 Å². The molecule has 2 heterocycles. The number of hydrogen-bond donors (Lipinski definition) is 6. The fraction of sp³-hybridized carbons (Fsp3) is 0.471. The molecule has 5 atom stereocenters. The fourth-order valence-electron chi connectivity index (χ4n) is 2.90. The van der Waals surface area contributed by atoms with Crippen LogP contribution >= 0.6 is 0 Å². The van der Waals surface area contributed by atoms with Gasteiger partial charge in [0.05, 0.1) is 6.61 Å². The Hall–Kier alpha value is -2.37. The van der Waals surface area contributed by atoms with Gasteiger partial charge in [-0.3, -0.25) is 4.79 Å². The summed E-state index contributed by atoms with van der Waals surface area (Å²) in [7, 11) is 0. The van der Waals surface area contributed by atoms with Crippen LogP contribution in [-0.2, 0) is 11.2 Å². The van der Waals surface area contributed by atoms with Gasteiger partial charge in [-0.15, -0.1) is 0 Å². The van der Waals surface area contributed by atoms with Gasteiger partial charge in [-0.1, -0.05) is 6.92 Å². The number of ether oxygens (including phenoxy) is 2. The van der Waals surface area contributed by atoms with E-state index in [0.717, 1.165) is 6.07 Å². The number of hydrogen-bond acceptors (Lipinski definition) is 10. The minimum Gasteiger partial charge on any atom is -0.507 e. The largest absolute Gasteiger partial charge is 0.507 e. The molecule has 148 valence electrons. The highest BCUT2D eigenvalue weighted by atomic mass is 16.7. The summed E-state index contributed by atoms with van der Waals surface area (Å²) in [4.78, 5) is 12.2. The Morgan fingerprint density at radius 3 is 2.41 bits per heavy atom. The van der Waals surface area contributed by atoms with Crippen molar-refractivity contribution in [2.45, 2.75) is 44.1 Å². The predicted octanol–water partition coefficient (Wildman–Crippen LogP) is -1.05. The summed E-state index contributed by atoms with van der Waals surface area (Å²) >= 11 is 0. The molecule has 1 aromatic heterocycles. The number of rotatable bonds is 4. The average Bonchev–Trinajstić information content (AvgIpc) is 2.64. The number of phenols is 2. The van der Waals surface area contributed by atoms with Crippen LogP contribution in [0.25, 0.3) is 11.0 Å². The van der Waals surface area contributed by atoms with Crippen molar-refractivity contribution in [3.8, 4) is 17.2 Å². The van der Waals surface area contributed by atoms with Crippen LogP contribution in [0.3, 0.4) is 0 Å². The fourth-order valence-corrected chi connectivity index (χ4v) is 2.90. The lowest BCUT2D eigenvalue weighted by Gasteiger charge is -2.39. The van der Waals surface area contributed by atoms with Gasteiger partial charge in [-0.05, 0) is 0 Å². The van der Waals surface area contributed by atoms with Crippen LogP contribution in [0.1, 0.15) is 12.7 Å². The van der Waals surface area contributed by atoms with Gasteiger partial charge in [-0.25, -0.2) is 0 Å². The highest BCUT2D eigenvalue weighted by Gasteiger charge is 2.45. The second-order valence-corrected chi connectivity index (χ2v) is 6.19. The van der Waals surface area contributed by atoms with Gasteiger partial charge in [0.25, 0.3) is 0 Å². The van der Waals surface area contributed by atoms with E-state index < -0.39 is 60.0 Å². The first-order valence-electron chi connectivity index (χ1n) is 8.27. The molecule has 2 aromatic rings. The SMILES string of the molecule is CCc1cc(=O)c2c(O)cc(O)c(O[C@H]3O[C@H](CO)[C@@H](O)[C@H](O)[C@H]3O)c2o1. The summed E-state index contributed by atoms with van der Waals surface area (Å²) in [5.74, 6) is -1.27. The summed E-state index contributed by atoms with van der Waals surface area (Å²) in [6, 6.07) is 2.06. The number of phenolic OH excluding ortho intramolecular Hbond substituents is 2. The second-order valence-electron chi connectivity index (χ2n) is 6.19. The van der Waals surface area contributed by atoms with Gasteiger partial charge in [-0.2, -0.15) is 0 Å². The Bertz CT molecular complexity index is 889. The van der Waals surface area contributed by atoms with Crippen molar-refractivity contribution in [3.05, 3.63) is 28.1 Å². The van der Waals surface area contributed by atoms with Crippen LogP contribution in [0, 0.1) is 0 Å². The summed E-state index contributed by atoms with van der Waals surface area (Å²) in [5, 5.41) is 58.9. The molecule has 0 aliphatic carbocycles. The van der Waals surface area contributed by atoms with Gasteiger partial charge in [0.15, 0.2) is 16.8 Å². The van der Waals surface area contributed by atoms with E-state index in [0.29, 0.717) is 6.42 Å². The molecule has 10 nitrogen and oxygen atoms in total. The maximum atomic E-state index is 12.2. The van der Waals surface area contributed by atoms with Crippen LogP contribution < -0.4 is 10.2 Å². The van der Waals surface area contributed by atoms with Gasteiger partial charge in [0, 0.05) is 18.6 Å². The molecule has 3 rings (SSSR count). The van der Waals surface area contributed by atoms with E-state index in [1.807, 2.05) is 0 Å². The first kappa shape index (κ1) is 19.4. The Morgan fingerprint density at radius 2 is 1.78 bits per heavy atom. The number of aryl methyl sites for hydroxylation is 1. The molecule has 0 saturated carbocycles. The van der Waals surface area contributed by atoms with E-state index in [1.165, 1.54) is 6.07 Å². The maximum absolute atomic E-state index is 12.2. The Balaban J connectivity index is 2.09. The third-order valence-corrected chi connectivity index (χ3v) is 4.40. The molecule has 1 fully saturated rings. The molecule has 1 aromatic carbocycles. The number of aliphatic hydroxyl groups excluding tert-OH is 4. The molecule has 6 N–H and O–H groups in total. The minimum atomic E-state index is -1.73. The van der Waals surface area contributed by atoms with Crippen molar-refractivity contribution in [2.75, 3.05) is 6.61 Å². The topological polar surface area (TPSA) is 170 Å². The average molecular weight is 384 g/mol. The van der Waals surface area contributed by atoms with E-state index in [2.05, 4.69) is 0 Å². The Morgan fingerprint density at radius 1 is 1.07 bits per heavy atom. The van der Waals surface area contributed by atoms with E-state index >= 15 is 0 Å². The zero-order valence-electron chi connectivity index (χ0n) is 14.3. The third-order valence-electron chi connectivity index (χ3n) is 4.40. The third kappa shape index (κ3) is 3.33. The van der Waals surface area contributed by atoms with Gasteiger partial charge in [0.1, 0.15) is 41.3 Å². The van der Waals surface area contributed by atoms with Gasteiger partial charge in [0.2, 0.25) is 12.0 Å². The molecule has 0 radical (unpaired) electrons. The second kappa shape index (κ2) is 7.33. The summed E-state index contributed by atoms with van der Waals surface area (Å²) in [5.41, 5.74) is -0.835.